The first-order valence-corrected chi connectivity index (χ1v) is 16.0. The maximum Gasteiger partial charge on any atom is 0.405 e. The van der Waals surface area contributed by atoms with E-state index in [-0.39, 0.29) is 47.7 Å². The van der Waals surface area contributed by atoms with Crippen LogP contribution in [0.3, 0.4) is 0 Å². The van der Waals surface area contributed by atoms with E-state index in [0.717, 1.165) is 0 Å². The molecule has 2 bridgehead atoms. The smallest absolute Gasteiger partial charge is 0.405 e. The second kappa shape index (κ2) is 19.3. The number of carbonyl (C=O) groups is 4. The van der Waals surface area contributed by atoms with E-state index in [1.165, 1.54) is 13.2 Å². The van der Waals surface area contributed by atoms with Gasteiger partial charge in [-0.25, -0.2) is 4.79 Å². The molecule has 1 heterocycles. The van der Waals surface area contributed by atoms with E-state index in [0.29, 0.717) is 54.8 Å². The lowest BCUT2D eigenvalue weighted by Crippen LogP contribution is -2.38. The summed E-state index contributed by atoms with van der Waals surface area (Å²) in [5.41, 5.74) is 7.44. The average molecular weight is 659 g/mol. The first-order chi connectivity index (χ1) is 22.2. The van der Waals surface area contributed by atoms with Crippen molar-refractivity contribution in [3.8, 4) is 0 Å². The van der Waals surface area contributed by atoms with Crippen LogP contribution in [0.4, 0.5) is 4.79 Å². The Morgan fingerprint density at radius 3 is 2.38 bits per heavy atom. The number of likely N-dealkylation sites (N-methyl/N-ethyl adjacent to an activating group) is 1. The van der Waals surface area contributed by atoms with Gasteiger partial charge in [0.2, 0.25) is 11.7 Å². The van der Waals surface area contributed by atoms with Crippen LogP contribution >= 0.6 is 0 Å². The number of methoxy groups -OCH3 is 3. The zero-order chi connectivity index (χ0) is 35.3. The number of hydrogen-bond acceptors (Lipinski definition) is 10. The van der Waals surface area contributed by atoms with Gasteiger partial charge in [-0.1, -0.05) is 38.2 Å². The van der Waals surface area contributed by atoms with Crippen molar-refractivity contribution in [2.75, 3.05) is 55.1 Å². The van der Waals surface area contributed by atoms with Gasteiger partial charge in [-0.2, -0.15) is 0 Å². The van der Waals surface area contributed by atoms with Crippen molar-refractivity contribution in [2.24, 2.45) is 17.6 Å². The number of fused-ring (bicyclic) bond motifs is 2. The molecule has 0 aromatic heterocycles. The third-order valence-corrected chi connectivity index (χ3v) is 8.49. The molecule has 0 saturated heterocycles. The minimum Gasteiger partial charge on any atom is -0.439 e. The van der Waals surface area contributed by atoms with Crippen LogP contribution in [0.5, 0.6) is 0 Å². The predicted molar refractivity (Wildman–Crippen MR) is 180 cm³/mol. The highest BCUT2D eigenvalue weighted by Gasteiger charge is 2.32. The van der Waals surface area contributed by atoms with E-state index in [1.54, 1.807) is 39.4 Å². The molecule has 2 rings (SSSR count). The summed E-state index contributed by atoms with van der Waals surface area (Å²) in [6.45, 7) is 8.60. The van der Waals surface area contributed by atoms with Crippen LogP contribution in [-0.2, 0) is 33.3 Å². The Morgan fingerprint density at radius 1 is 1.09 bits per heavy atom. The lowest BCUT2D eigenvalue weighted by atomic mass is 9.85. The standard InChI is InChI=1S/C35H54N4O8/c1-21-13-14-26-30(37-15-16-39(5)6)27(40)19-25(31(26)41)20-38-34(42)22(2)11-10-12-28(44-7)33(47-35(36)43)24(4)18-23(3)32(46-9)29(17-21)45-8/h10-12,18-19,21,23,28-29,32-33,37H,13-17,20H2,1-9H3,(H2,36,43)(H,38,42)/b12-10-,22-11+,24-18+/t21-,23+,28+,29+,32-,33+/m1/s1. The molecular formula is C35H54N4O8. The van der Waals surface area contributed by atoms with Crippen LogP contribution in [0.2, 0.25) is 0 Å². The minimum absolute atomic E-state index is 0.0956. The molecule has 0 saturated carbocycles. The highest BCUT2D eigenvalue weighted by atomic mass is 16.6. The maximum absolute atomic E-state index is 13.7. The number of hydrogen-bond donors (Lipinski definition) is 3. The maximum atomic E-state index is 13.7. The molecule has 12 nitrogen and oxygen atoms in total. The molecule has 1 aliphatic carbocycles. The van der Waals surface area contributed by atoms with Gasteiger partial charge in [0, 0.05) is 63.6 Å². The van der Waals surface area contributed by atoms with Gasteiger partial charge in [0.25, 0.3) is 0 Å². The normalized spacial score (nSPS) is 30.3. The van der Waals surface area contributed by atoms with Gasteiger partial charge in [0.1, 0.15) is 6.10 Å². The minimum atomic E-state index is -0.951. The molecular weight excluding hydrogens is 604 g/mol. The Kier molecular flexibility index (Phi) is 16.3. The fraction of sp³-hybridized carbons (Fsp3) is 0.600. The van der Waals surface area contributed by atoms with Gasteiger partial charge in [0.15, 0.2) is 11.9 Å². The molecule has 12 heteroatoms. The fourth-order valence-electron chi connectivity index (χ4n) is 5.85. The molecule has 0 spiro atoms. The summed E-state index contributed by atoms with van der Waals surface area (Å²) < 4.78 is 23.0. The van der Waals surface area contributed by atoms with Crippen LogP contribution in [-0.4, -0.2) is 108 Å². The number of nitrogens with two attached hydrogens (primary N) is 1. The van der Waals surface area contributed by atoms with Crippen molar-refractivity contribution < 1.29 is 38.1 Å². The summed E-state index contributed by atoms with van der Waals surface area (Å²) in [6.07, 6.45) is 6.59. The number of ether oxygens (including phenoxy) is 4. The summed E-state index contributed by atoms with van der Waals surface area (Å²) in [6, 6.07) is 0. The van der Waals surface area contributed by atoms with E-state index in [4.69, 9.17) is 24.7 Å². The SMILES string of the molecule is CO[C@H]1[C@@H](OC)C[C@H](C)CCC2=C(NCCN(C)C)C(=O)C=C(CNC(=O)/C(C)=C/C=C\[C@H](OC)[C@@H](OC(N)=O)/C(C)=C/[C@@H]1C)C2=O. The first-order valence-electron chi connectivity index (χ1n) is 16.0. The highest BCUT2D eigenvalue weighted by Crippen LogP contribution is 2.29. The summed E-state index contributed by atoms with van der Waals surface area (Å²) in [7, 11) is 8.62. The molecule has 6 atom stereocenters. The van der Waals surface area contributed by atoms with Crippen molar-refractivity contribution in [1.82, 2.24) is 15.5 Å². The van der Waals surface area contributed by atoms with E-state index < -0.39 is 24.2 Å². The van der Waals surface area contributed by atoms with E-state index >= 15 is 0 Å². The van der Waals surface area contributed by atoms with E-state index in [1.807, 2.05) is 38.9 Å². The van der Waals surface area contributed by atoms with Crippen molar-refractivity contribution in [3.05, 3.63) is 58.4 Å². The quantitative estimate of drug-likeness (QED) is 0.262. The Morgan fingerprint density at radius 2 is 1.79 bits per heavy atom. The summed E-state index contributed by atoms with van der Waals surface area (Å²) >= 11 is 0. The Balaban J connectivity index is 2.56. The number of amides is 2. The molecule has 0 aromatic carbocycles. The zero-order valence-corrected chi connectivity index (χ0v) is 29.4. The monoisotopic (exact) mass is 658 g/mol. The zero-order valence-electron chi connectivity index (χ0n) is 29.4. The van der Waals surface area contributed by atoms with E-state index in [9.17, 15) is 19.2 Å². The van der Waals surface area contributed by atoms with Gasteiger partial charge in [0.05, 0.1) is 17.9 Å². The molecule has 262 valence electrons. The molecule has 0 unspecified atom stereocenters. The van der Waals surface area contributed by atoms with Crippen molar-refractivity contribution in [1.29, 1.82) is 0 Å². The molecule has 4 N–H and O–H groups in total. The largest absolute Gasteiger partial charge is 0.439 e. The molecule has 2 aliphatic rings. The number of rotatable bonds is 8. The number of carbonyl (C=O) groups excluding carboxylic acids is 4. The second-order valence-electron chi connectivity index (χ2n) is 12.5. The Bertz CT molecular complexity index is 1280. The van der Waals surface area contributed by atoms with Crippen LogP contribution in [0.1, 0.15) is 47.0 Å². The van der Waals surface area contributed by atoms with Crippen LogP contribution in [0.25, 0.3) is 0 Å². The highest BCUT2D eigenvalue weighted by molar-refractivity contribution is 6.22. The second-order valence-corrected chi connectivity index (χ2v) is 12.5. The lowest BCUT2D eigenvalue weighted by Gasteiger charge is -2.32. The van der Waals surface area contributed by atoms with Crippen molar-refractivity contribution in [3.63, 3.8) is 0 Å². The third-order valence-electron chi connectivity index (χ3n) is 8.49. The first kappa shape index (κ1) is 39.6. The van der Waals surface area contributed by atoms with Crippen LogP contribution in [0, 0.1) is 11.8 Å². The van der Waals surface area contributed by atoms with Crippen LogP contribution < -0.4 is 16.4 Å². The van der Waals surface area contributed by atoms with Crippen molar-refractivity contribution >= 4 is 23.6 Å². The predicted octanol–water partition coefficient (Wildman–Crippen LogP) is 3.00. The van der Waals surface area contributed by atoms with Gasteiger partial charge < -0.3 is 40.2 Å². The number of primary amides is 1. The van der Waals surface area contributed by atoms with Gasteiger partial charge in [-0.3, -0.25) is 14.4 Å². The van der Waals surface area contributed by atoms with Gasteiger partial charge in [-0.15, -0.1) is 0 Å². The molecule has 0 radical (unpaired) electrons. The van der Waals surface area contributed by atoms with Gasteiger partial charge in [-0.05, 0) is 64.8 Å². The topological polar surface area (TPSA) is 159 Å². The summed E-state index contributed by atoms with van der Waals surface area (Å²) in [5, 5.41) is 5.95. The van der Waals surface area contributed by atoms with Crippen molar-refractivity contribution in [2.45, 2.75) is 71.4 Å². The molecule has 0 aromatic rings. The Hall–Kier alpha value is -3.58. The molecule has 1 aliphatic heterocycles. The molecule has 2 amide bonds. The lowest BCUT2D eigenvalue weighted by molar-refractivity contribution is -0.118. The van der Waals surface area contributed by atoms with Crippen LogP contribution in [0.15, 0.2) is 58.4 Å². The third kappa shape index (κ3) is 11.9. The number of nitrogens with zero attached hydrogens (tertiary/aromatic N) is 1. The Labute approximate surface area is 279 Å². The summed E-state index contributed by atoms with van der Waals surface area (Å²) in [5.74, 6) is -1.02. The number of Topliss-reactive ketones (excluding diaryl/α,β-unsaturated/α-hetero) is 1. The average Bonchev–Trinajstić information content (AvgIpc) is 3.01. The number of allylic oxidation sites excluding steroid dienone is 4. The molecule has 0 fully saturated rings. The molecule has 47 heavy (non-hydrogen) atoms. The fourth-order valence-corrected chi connectivity index (χ4v) is 5.85. The van der Waals surface area contributed by atoms with E-state index in [2.05, 4.69) is 17.6 Å². The van der Waals surface area contributed by atoms with Gasteiger partial charge >= 0.3 is 6.09 Å². The number of nitrogens with one attached hydrogen (secondary N) is 2. The number of ketones is 2. The summed E-state index contributed by atoms with van der Waals surface area (Å²) in [4.78, 5) is 53.8.